The lowest BCUT2D eigenvalue weighted by atomic mass is 9.75. The maximum absolute atomic E-state index is 14.1. The van der Waals surface area contributed by atoms with Gasteiger partial charge in [-0.2, -0.15) is 5.10 Å². The Balaban J connectivity index is 1.65. The molecule has 7 nitrogen and oxygen atoms in total. The van der Waals surface area contributed by atoms with Crippen LogP contribution in [0, 0.1) is 0 Å². The number of fused-ring (bicyclic) bond motifs is 6. The third-order valence-corrected chi connectivity index (χ3v) is 8.09. The standard InChI is InChI=1S/C33H34N4O3/c1-5-35(6-2)23-15-17-28-30(20-23)40-31-21-24(36(7-3)8-4)16-18-29(31)33(28)27-14-10-9-13-26(27)32(38)37(33)34-22-25-12-11-19-39-25/h9-22H,5-8H2,1-4H3/b34-22+. The molecule has 0 aliphatic carbocycles. The summed E-state index contributed by atoms with van der Waals surface area (Å²) in [4.78, 5) is 18.7. The van der Waals surface area contributed by atoms with Gasteiger partial charge in [0.25, 0.3) is 5.91 Å². The molecule has 0 radical (unpaired) electrons. The molecule has 3 aromatic carbocycles. The van der Waals surface area contributed by atoms with Crippen LogP contribution in [0.2, 0.25) is 0 Å². The number of rotatable bonds is 8. The maximum Gasteiger partial charge on any atom is 0.275 e. The van der Waals surface area contributed by atoms with Gasteiger partial charge >= 0.3 is 0 Å². The highest BCUT2D eigenvalue weighted by Crippen LogP contribution is 2.58. The summed E-state index contributed by atoms with van der Waals surface area (Å²) < 4.78 is 12.2. The van der Waals surface area contributed by atoms with Crippen molar-refractivity contribution in [2.75, 3.05) is 36.0 Å². The molecule has 0 saturated heterocycles. The lowest BCUT2D eigenvalue weighted by Gasteiger charge is -2.42. The van der Waals surface area contributed by atoms with Crippen LogP contribution in [0.25, 0.3) is 0 Å². The van der Waals surface area contributed by atoms with Gasteiger partial charge in [0.2, 0.25) is 0 Å². The Morgan fingerprint density at radius 1 is 0.775 bits per heavy atom. The molecule has 0 N–H and O–H groups in total. The second-order valence-electron chi connectivity index (χ2n) is 9.94. The molecule has 0 bridgehead atoms. The molecule has 0 atom stereocenters. The van der Waals surface area contributed by atoms with Crippen LogP contribution in [-0.4, -0.2) is 43.3 Å². The van der Waals surface area contributed by atoms with Crippen molar-refractivity contribution in [1.82, 2.24) is 5.01 Å². The van der Waals surface area contributed by atoms with Crippen molar-refractivity contribution in [3.05, 3.63) is 107 Å². The largest absolute Gasteiger partial charge is 0.463 e. The predicted octanol–water partition coefficient (Wildman–Crippen LogP) is 6.86. The van der Waals surface area contributed by atoms with E-state index in [2.05, 4.69) is 73.9 Å². The summed E-state index contributed by atoms with van der Waals surface area (Å²) >= 11 is 0. The molecule has 4 aromatic rings. The van der Waals surface area contributed by atoms with E-state index in [9.17, 15) is 4.79 Å². The van der Waals surface area contributed by atoms with Gasteiger partial charge in [-0.1, -0.05) is 30.3 Å². The van der Waals surface area contributed by atoms with Crippen LogP contribution in [0.5, 0.6) is 11.5 Å². The highest BCUT2D eigenvalue weighted by atomic mass is 16.5. The lowest BCUT2D eigenvalue weighted by Crippen LogP contribution is -2.44. The Morgan fingerprint density at radius 2 is 1.38 bits per heavy atom. The molecule has 204 valence electrons. The van der Waals surface area contributed by atoms with E-state index in [1.54, 1.807) is 23.6 Å². The lowest BCUT2D eigenvalue weighted by molar-refractivity contribution is 0.0675. The Labute approximate surface area is 235 Å². The van der Waals surface area contributed by atoms with Crippen molar-refractivity contribution in [2.45, 2.75) is 33.2 Å². The summed E-state index contributed by atoms with van der Waals surface area (Å²) in [6, 6.07) is 24.0. The number of hydrazone groups is 1. The quantitative estimate of drug-likeness (QED) is 0.231. The summed E-state index contributed by atoms with van der Waals surface area (Å²) in [5, 5.41) is 6.41. The number of carbonyl (C=O) groups excluding carboxylic acids is 1. The zero-order chi connectivity index (χ0) is 27.9. The van der Waals surface area contributed by atoms with E-state index < -0.39 is 5.54 Å². The molecule has 2 aliphatic heterocycles. The number of hydrogen-bond donors (Lipinski definition) is 0. The number of benzene rings is 3. The van der Waals surface area contributed by atoms with Crippen LogP contribution in [0.1, 0.15) is 60.5 Å². The first-order valence-corrected chi connectivity index (χ1v) is 14.0. The Kier molecular flexibility index (Phi) is 6.58. The molecule has 6 rings (SSSR count). The van der Waals surface area contributed by atoms with Crippen LogP contribution in [-0.2, 0) is 5.54 Å². The fourth-order valence-corrected chi connectivity index (χ4v) is 6.13. The molecule has 40 heavy (non-hydrogen) atoms. The van der Waals surface area contributed by atoms with Crippen molar-refractivity contribution in [3.8, 4) is 11.5 Å². The minimum atomic E-state index is -1.01. The Bertz CT molecular complexity index is 1510. The van der Waals surface area contributed by atoms with Gasteiger partial charge in [0.15, 0.2) is 0 Å². The number of hydrogen-bond acceptors (Lipinski definition) is 6. The molecule has 1 spiro atoms. The predicted molar refractivity (Wildman–Crippen MR) is 159 cm³/mol. The van der Waals surface area contributed by atoms with Crippen LogP contribution in [0.15, 0.2) is 88.6 Å². The van der Waals surface area contributed by atoms with Gasteiger partial charge in [-0.15, -0.1) is 0 Å². The number of ether oxygens (including phenoxy) is 1. The monoisotopic (exact) mass is 534 g/mol. The molecule has 0 unspecified atom stereocenters. The highest BCUT2D eigenvalue weighted by molar-refractivity contribution is 6.02. The Hall–Kier alpha value is -4.52. The van der Waals surface area contributed by atoms with E-state index in [0.29, 0.717) is 11.3 Å². The topological polar surface area (TPSA) is 61.5 Å². The maximum atomic E-state index is 14.1. The molecule has 0 fully saturated rings. The van der Waals surface area contributed by atoms with E-state index in [-0.39, 0.29) is 5.91 Å². The summed E-state index contributed by atoms with van der Waals surface area (Å²) in [7, 11) is 0. The first-order valence-electron chi connectivity index (χ1n) is 14.0. The summed E-state index contributed by atoms with van der Waals surface area (Å²) in [5.74, 6) is 1.84. The van der Waals surface area contributed by atoms with Gasteiger partial charge in [0.1, 0.15) is 22.8 Å². The zero-order valence-corrected chi connectivity index (χ0v) is 23.4. The third kappa shape index (κ3) is 3.79. The molecule has 7 heteroatoms. The zero-order valence-electron chi connectivity index (χ0n) is 23.4. The fourth-order valence-electron chi connectivity index (χ4n) is 6.13. The normalized spacial score (nSPS) is 14.7. The van der Waals surface area contributed by atoms with E-state index >= 15 is 0 Å². The fraction of sp³-hybridized carbons (Fsp3) is 0.273. The second kappa shape index (κ2) is 10.2. The third-order valence-electron chi connectivity index (χ3n) is 8.09. The van der Waals surface area contributed by atoms with Gasteiger partial charge in [-0.05, 0) is 58.0 Å². The van der Waals surface area contributed by atoms with Crippen LogP contribution < -0.4 is 14.5 Å². The highest BCUT2D eigenvalue weighted by Gasteiger charge is 2.57. The van der Waals surface area contributed by atoms with Crippen molar-refractivity contribution in [1.29, 1.82) is 0 Å². The number of amides is 1. The molecule has 1 aromatic heterocycles. The van der Waals surface area contributed by atoms with E-state index in [1.165, 1.54) is 0 Å². The molecule has 3 heterocycles. The van der Waals surface area contributed by atoms with Crippen molar-refractivity contribution in [2.24, 2.45) is 5.10 Å². The number of carbonyl (C=O) groups is 1. The van der Waals surface area contributed by atoms with Crippen LogP contribution in [0.3, 0.4) is 0 Å². The van der Waals surface area contributed by atoms with E-state index in [0.717, 1.165) is 65.7 Å². The van der Waals surface area contributed by atoms with Crippen molar-refractivity contribution in [3.63, 3.8) is 0 Å². The number of nitrogens with zero attached hydrogens (tertiary/aromatic N) is 4. The van der Waals surface area contributed by atoms with Crippen LogP contribution >= 0.6 is 0 Å². The van der Waals surface area contributed by atoms with Gasteiger partial charge in [-0.25, -0.2) is 5.01 Å². The minimum Gasteiger partial charge on any atom is -0.463 e. The molecular formula is C33H34N4O3. The van der Waals surface area contributed by atoms with E-state index in [1.807, 2.05) is 30.3 Å². The minimum absolute atomic E-state index is 0.169. The molecular weight excluding hydrogens is 500 g/mol. The van der Waals surface area contributed by atoms with Gasteiger partial charge in [0.05, 0.1) is 12.5 Å². The van der Waals surface area contributed by atoms with Crippen LogP contribution in [0.4, 0.5) is 11.4 Å². The number of anilines is 2. The summed E-state index contributed by atoms with van der Waals surface area (Å²) in [5.41, 5.74) is 4.40. The molecule has 2 aliphatic rings. The SMILES string of the molecule is CCN(CC)c1ccc2c(c1)Oc1cc(N(CC)CC)ccc1C21c2ccccc2C(=O)N1/N=C/c1ccco1. The Morgan fingerprint density at radius 3 is 1.93 bits per heavy atom. The van der Waals surface area contributed by atoms with E-state index in [4.69, 9.17) is 14.3 Å². The van der Waals surface area contributed by atoms with Crippen molar-refractivity contribution >= 4 is 23.5 Å². The van der Waals surface area contributed by atoms with Gasteiger partial charge < -0.3 is 19.0 Å². The summed E-state index contributed by atoms with van der Waals surface area (Å²) in [6.07, 6.45) is 3.20. The average molecular weight is 535 g/mol. The van der Waals surface area contributed by atoms with Gasteiger partial charge in [0, 0.05) is 71.9 Å². The first-order chi connectivity index (χ1) is 19.6. The van der Waals surface area contributed by atoms with Crippen molar-refractivity contribution < 1.29 is 13.9 Å². The second-order valence-corrected chi connectivity index (χ2v) is 9.94. The summed E-state index contributed by atoms with van der Waals surface area (Å²) in [6.45, 7) is 12.1. The van der Waals surface area contributed by atoms with Gasteiger partial charge in [-0.3, -0.25) is 4.79 Å². The smallest absolute Gasteiger partial charge is 0.275 e. The first kappa shape index (κ1) is 25.7. The molecule has 0 saturated carbocycles. The molecule has 1 amide bonds. The average Bonchev–Trinajstić information content (AvgIpc) is 3.59. The number of furan rings is 1.